The molecule has 5 heteroatoms. The maximum atomic E-state index is 11.3. The number of likely N-dealkylation sites (N-methyl/N-ethyl adjacent to an activating group) is 1. The number of benzene rings is 1. The summed E-state index contributed by atoms with van der Waals surface area (Å²) in [6.07, 6.45) is 0. The first kappa shape index (κ1) is 16.0. The minimum atomic E-state index is -0.949. The second-order valence-electron chi connectivity index (χ2n) is 5.02. The normalized spacial score (nSPS) is 11.2. The Hall–Kier alpha value is -2.06. The van der Waals surface area contributed by atoms with E-state index in [0.29, 0.717) is 24.4 Å². The zero-order chi connectivity index (χ0) is 15.3. The number of carbonyl (C=O) groups is 1. The molecule has 1 N–H and O–H groups in total. The van der Waals surface area contributed by atoms with Crippen molar-refractivity contribution in [2.75, 3.05) is 13.7 Å². The summed E-state index contributed by atoms with van der Waals surface area (Å²) in [4.78, 5) is 13.2. The standard InChI is InChI=1S/C15H20N2O3/c1-5-17(15(2,3)14(18)19)10-11-6-7-12(9-16)13(8-11)20-4/h6-8H,5,10H2,1-4H3,(H,18,19). The highest BCUT2D eigenvalue weighted by Gasteiger charge is 2.33. The van der Waals surface area contributed by atoms with Crippen LogP contribution in [0.1, 0.15) is 31.9 Å². The van der Waals surface area contributed by atoms with Gasteiger partial charge >= 0.3 is 5.97 Å². The smallest absolute Gasteiger partial charge is 0.323 e. The molecule has 0 amide bonds. The molecule has 0 aromatic heterocycles. The largest absolute Gasteiger partial charge is 0.495 e. The molecule has 0 aliphatic heterocycles. The number of nitriles is 1. The Morgan fingerprint density at radius 3 is 2.60 bits per heavy atom. The van der Waals surface area contributed by atoms with E-state index in [-0.39, 0.29) is 0 Å². The molecule has 0 spiro atoms. The maximum Gasteiger partial charge on any atom is 0.323 e. The van der Waals surface area contributed by atoms with Crippen molar-refractivity contribution in [2.24, 2.45) is 0 Å². The highest BCUT2D eigenvalue weighted by atomic mass is 16.5. The third-order valence-corrected chi connectivity index (χ3v) is 3.46. The number of hydrogen-bond acceptors (Lipinski definition) is 4. The minimum Gasteiger partial charge on any atom is -0.495 e. The lowest BCUT2D eigenvalue weighted by Crippen LogP contribution is -2.49. The van der Waals surface area contributed by atoms with Crippen molar-refractivity contribution < 1.29 is 14.6 Å². The Kier molecular flexibility index (Phi) is 5.12. The summed E-state index contributed by atoms with van der Waals surface area (Å²) < 4.78 is 5.17. The molecule has 0 fully saturated rings. The van der Waals surface area contributed by atoms with Crippen molar-refractivity contribution in [3.8, 4) is 11.8 Å². The number of carboxylic acid groups (broad SMARTS) is 1. The van der Waals surface area contributed by atoms with E-state index in [1.807, 2.05) is 17.9 Å². The average molecular weight is 276 g/mol. The molecule has 108 valence electrons. The molecule has 1 aromatic carbocycles. The Balaban J connectivity index is 3.03. The predicted octanol–water partition coefficient (Wildman–Crippen LogP) is 2.25. The van der Waals surface area contributed by atoms with Gasteiger partial charge in [-0.1, -0.05) is 13.0 Å². The molecule has 1 aromatic rings. The summed E-state index contributed by atoms with van der Waals surface area (Å²) in [6.45, 7) is 6.38. The van der Waals surface area contributed by atoms with Gasteiger partial charge in [0.15, 0.2) is 0 Å². The molecule has 0 saturated carbocycles. The van der Waals surface area contributed by atoms with Crippen molar-refractivity contribution in [2.45, 2.75) is 32.9 Å². The molecule has 1 rings (SSSR count). The SMILES string of the molecule is CCN(Cc1ccc(C#N)c(OC)c1)C(C)(C)C(=O)O. The van der Waals surface area contributed by atoms with E-state index in [1.54, 1.807) is 26.0 Å². The van der Waals surface area contributed by atoms with Crippen molar-refractivity contribution in [3.05, 3.63) is 29.3 Å². The monoisotopic (exact) mass is 276 g/mol. The highest BCUT2D eigenvalue weighted by Crippen LogP contribution is 2.23. The van der Waals surface area contributed by atoms with Crippen LogP contribution in [0.15, 0.2) is 18.2 Å². The molecule has 0 saturated heterocycles. The highest BCUT2D eigenvalue weighted by molar-refractivity contribution is 5.77. The number of methoxy groups -OCH3 is 1. The summed E-state index contributed by atoms with van der Waals surface area (Å²) in [5, 5.41) is 18.2. The van der Waals surface area contributed by atoms with Gasteiger partial charge in [0.25, 0.3) is 0 Å². The third kappa shape index (κ3) is 3.28. The van der Waals surface area contributed by atoms with Gasteiger partial charge in [0.2, 0.25) is 0 Å². The van der Waals surface area contributed by atoms with Gasteiger partial charge in [-0.25, -0.2) is 0 Å². The van der Waals surface area contributed by atoms with Crippen LogP contribution in [-0.4, -0.2) is 35.2 Å². The van der Waals surface area contributed by atoms with Crippen LogP contribution in [0.3, 0.4) is 0 Å². The number of ether oxygens (including phenoxy) is 1. The zero-order valence-electron chi connectivity index (χ0n) is 12.3. The van der Waals surface area contributed by atoms with Crippen molar-refractivity contribution in [1.82, 2.24) is 4.90 Å². The van der Waals surface area contributed by atoms with E-state index in [2.05, 4.69) is 6.07 Å². The van der Waals surface area contributed by atoms with Crippen molar-refractivity contribution in [3.63, 3.8) is 0 Å². The third-order valence-electron chi connectivity index (χ3n) is 3.46. The predicted molar refractivity (Wildman–Crippen MR) is 75.5 cm³/mol. The quantitative estimate of drug-likeness (QED) is 0.862. The van der Waals surface area contributed by atoms with E-state index >= 15 is 0 Å². The van der Waals surface area contributed by atoms with Crippen LogP contribution in [0.5, 0.6) is 5.75 Å². The Morgan fingerprint density at radius 1 is 1.50 bits per heavy atom. The Labute approximate surface area is 119 Å². The molecule has 0 heterocycles. The molecular weight excluding hydrogens is 256 g/mol. The number of rotatable bonds is 6. The number of nitrogens with zero attached hydrogens (tertiary/aromatic N) is 2. The lowest BCUT2D eigenvalue weighted by molar-refractivity contribution is -0.149. The molecule has 0 bridgehead atoms. The van der Waals surface area contributed by atoms with E-state index in [4.69, 9.17) is 10.00 Å². The van der Waals surface area contributed by atoms with Gasteiger partial charge in [0.05, 0.1) is 12.7 Å². The van der Waals surface area contributed by atoms with Gasteiger partial charge in [-0.3, -0.25) is 9.69 Å². The van der Waals surface area contributed by atoms with Crippen LogP contribution in [0.2, 0.25) is 0 Å². The van der Waals surface area contributed by atoms with Gasteiger partial charge in [-0.05, 0) is 38.1 Å². The van der Waals surface area contributed by atoms with Crippen molar-refractivity contribution >= 4 is 5.97 Å². The van der Waals surface area contributed by atoms with E-state index in [1.165, 1.54) is 7.11 Å². The Morgan fingerprint density at radius 2 is 2.15 bits per heavy atom. The van der Waals surface area contributed by atoms with Gasteiger partial charge in [0.1, 0.15) is 17.4 Å². The van der Waals surface area contributed by atoms with E-state index in [9.17, 15) is 9.90 Å². The molecule has 20 heavy (non-hydrogen) atoms. The zero-order valence-corrected chi connectivity index (χ0v) is 12.3. The fourth-order valence-corrected chi connectivity index (χ4v) is 1.99. The van der Waals surface area contributed by atoms with Crippen LogP contribution in [-0.2, 0) is 11.3 Å². The summed E-state index contributed by atoms with van der Waals surface area (Å²) in [5.41, 5.74) is 0.435. The number of carboxylic acids is 1. The fourth-order valence-electron chi connectivity index (χ4n) is 1.99. The molecular formula is C15H20N2O3. The van der Waals surface area contributed by atoms with E-state index in [0.717, 1.165) is 5.56 Å². The average Bonchev–Trinajstić information content (AvgIpc) is 2.43. The first-order chi connectivity index (χ1) is 9.36. The van der Waals surface area contributed by atoms with Crippen LogP contribution in [0.4, 0.5) is 0 Å². The van der Waals surface area contributed by atoms with Gasteiger partial charge in [-0.15, -0.1) is 0 Å². The van der Waals surface area contributed by atoms with Gasteiger partial charge < -0.3 is 9.84 Å². The van der Waals surface area contributed by atoms with Crippen LogP contribution >= 0.6 is 0 Å². The number of aliphatic carboxylic acids is 1. The molecule has 0 aliphatic rings. The lowest BCUT2D eigenvalue weighted by Gasteiger charge is -2.34. The summed E-state index contributed by atoms with van der Waals surface area (Å²) in [7, 11) is 1.51. The molecule has 0 aliphatic carbocycles. The fraction of sp³-hybridized carbons (Fsp3) is 0.467. The van der Waals surface area contributed by atoms with Crippen molar-refractivity contribution in [1.29, 1.82) is 5.26 Å². The second-order valence-corrected chi connectivity index (χ2v) is 5.02. The Bertz CT molecular complexity index is 532. The number of hydrogen-bond donors (Lipinski definition) is 1. The van der Waals surface area contributed by atoms with Gasteiger partial charge in [0, 0.05) is 6.54 Å². The van der Waals surface area contributed by atoms with Crippen LogP contribution in [0, 0.1) is 11.3 Å². The molecule has 0 unspecified atom stereocenters. The second kappa shape index (κ2) is 6.40. The molecule has 5 nitrogen and oxygen atoms in total. The topological polar surface area (TPSA) is 73.6 Å². The van der Waals surface area contributed by atoms with E-state index < -0.39 is 11.5 Å². The van der Waals surface area contributed by atoms with Gasteiger partial charge in [-0.2, -0.15) is 5.26 Å². The van der Waals surface area contributed by atoms with Crippen LogP contribution in [0.25, 0.3) is 0 Å². The minimum absolute atomic E-state index is 0.469. The lowest BCUT2D eigenvalue weighted by atomic mass is 10.0. The van der Waals surface area contributed by atoms with Crippen LogP contribution < -0.4 is 4.74 Å². The summed E-state index contributed by atoms with van der Waals surface area (Å²) in [5.74, 6) is -0.353. The maximum absolute atomic E-state index is 11.3. The first-order valence-corrected chi connectivity index (χ1v) is 6.42. The molecule has 0 atom stereocenters. The first-order valence-electron chi connectivity index (χ1n) is 6.42. The molecule has 0 radical (unpaired) electrons. The summed E-state index contributed by atoms with van der Waals surface area (Å²) in [6, 6.07) is 7.35. The summed E-state index contributed by atoms with van der Waals surface area (Å²) >= 11 is 0.